The third-order valence-electron chi connectivity index (χ3n) is 14.9. The summed E-state index contributed by atoms with van der Waals surface area (Å²) >= 11 is 20.2. The Morgan fingerprint density at radius 3 is 1.65 bits per heavy atom. The Morgan fingerprint density at radius 2 is 1.21 bits per heavy atom. The molecular weight excluding hydrogens is 1120 g/mol. The van der Waals surface area contributed by atoms with Crippen LogP contribution in [0.1, 0.15) is 156 Å². The molecule has 3 fully saturated rings. The van der Waals surface area contributed by atoms with Crippen molar-refractivity contribution in [1.82, 2.24) is 40.4 Å². The van der Waals surface area contributed by atoms with E-state index in [0.717, 1.165) is 60.7 Å². The Labute approximate surface area is 487 Å². The lowest BCUT2D eigenvalue weighted by atomic mass is 9.55. The minimum Gasteiger partial charge on any atom is -0.435 e. The van der Waals surface area contributed by atoms with Crippen LogP contribution in [0.4, 0.5) is 9.59 Å². The average molecular weight is 1200 g/mol. The molecular formula is C56H79B2BrCl3N8O8. The molecule has 0 saturated carbocycles. The van der Waals surface area contributed by atoms with E-state index in [4.69, 9.17) is 58.2 Å². The minimum atomic E-state index is -0.951. The molecule has 2 unspecified atom stereocenters. The first-order valence-electron chi connectivity index (χ1n) is 27.1. The second-order valence-corrected chi connectivity index (χ2v) is 25.0. The molecule has 5 heterocycles. The first-order valence-corrected chi connectivity index (χ1v) is 29.1. The van der Waals surface area contributed by atoms with Gasteiger partial charge in [-0.1, -0.05) is 58.6 Å². The number of halogens is 4. The van der Waals surface area contributed by atoms with Crippen LogP contribution in [0.15, 0.2) is 65.4 Å². The normalized spacial score (nSPS) is 19.9. The van der Waals surface area contributed by atoms with E-state index in [9.17, 15) is 14.7 Å². The van der Waals surface area contributed by atoms with Gasteiger partial charge in [-0.25, -0.2) is 29.5 Å². The number of aryl methyl sites for hydroxylation is 2. The number of amides is 4. The monoisotopic (exact) mass is 1200 g/mol. The van der Waals surface area contributed by atoms with E-state index in [1.807, 2.05) is 85.1 Å². The topological polar surface area (TPSA) is 183 Å². The highest BCUT2D eigenvalue weighted by atomic mass is 79.9. The minimum absolute atomic E-state index is 0.00175. The summed E-state index contributed by atoms with van der Waals surface area (Å²) in [5.74, 6) is 0. The fraction of sp³-hybridized carbons (Fsp3) is 0.607. The van der Waals surface area contributed by atoms with Crippen molar-refractivity contribution >= 4 is 77.2 Å². The number of benzene rings is 2. The van der Waals surface area contributed by atoms with E-state index in [1.54, 1.807) is 26.1 Å². The largest absolute Gasteiger partial charge is 0.439 e. The van der Waals surface area contributed by atoms with Crippen molar-refractivity contribution in [2.45, 2.75) is 193 Å². The number of hydrogen-bond donors (Lipinski definition) is 3. The van der Waals surface area contributed by atoms with Gasteiger partial charge in [0, 0.05) is 22.4 Å². The summed E-state index contributed by atoms with van der Waals surface area (Å²) < 4.78 is 29.8. The maximum atomic E-state index is 12.7. The first kappa shape index (κ1) is 63.6. The van der Waals surface area contributed by atoms with E-state index in [-0.39, 0.29) is 70.3 Å². The molecule has 78 heavy (non-hydrogen) atoms. The average Bonchev–Trinajstić information content (AvgIpc) is 3.50. The molecule has 3 aliphatic heterocycles. The van der Waals surface area contributed by atoms with Gasteiger partial charge in [0.1, 0.15) is 5.15 Å². The van der Waals surface area contributed by atoms with Gasteiger partial charge in [-0.05, 0) is 197 Å². The van der Waals surface area contributed by atoms with Crippen LogP contribution < -0.4 is 10.6 Å². The van der Waals surface area contributed by atoms with Crippen molar-refractivity contribution < 1.29 is 38.1 Å². The van der Waals surface area contributed by atoms with E-state index in [1.165, 1.54) is 42.2 Å². The molecule has 4 aromatic rings. The lowest BCUT2D eigenvalue weighted by molar-refractivity contribution is -0.0894. The lowest BCUT2D eigenvalue weighted by Crippen LogP contribution is -2.58. The number of nitrogens with zero attached hydrogens (tertiary/aromatic N) is 6. The molecule has 2 atom stereocenters. The van der Waals surface area contributed by atoms with Crippen molar-refractivity contribution in [2.75, 3.05) is 26.2 Å². The van der Waals surface area contributed by atoms with Crippen LogP contribution in [-0.4, -0.2) is 134 Å². The summed E-state index contributed by atoms with van der Waals surface area (Å²) in [4.78, 5) is 44.3. The summed E-state index contributed by atoms with van der Waals surface area (Å²) in [7, 11) is 1.01. The molecule has 5 aliphatic rings. The maximum Gasteiger partial charge on any atom is 0.439 e. The summed E-state index contributed by atoms with van der Waals surface area (Å²) in [6.45, 7) is 25.9. The highest BCUT2D eigenvalue weighted by Gasteiger charge is 2.52. The Morgan fingerprint density at radius 1 is 0.731 bits per heavy atom. The number of carbonyl (C=O) groups is 2. The zero-order chi connectivity index (χ0) is 57.2. The van der Waals surface area contributed by atoms with Gasteiger partial charge < -0.3 is 49.0 Å². The first-order chi connectivity index (χ1) is 36.6. The molecule has 0 spiro atoms. The lowest BCUT2D eigenvalue weighted by Gasteiger charge is -2.40. The zero-order valence-electron chi connectivity index (χ0n) is 47.4. The van der Waals surface area contributed by atoms with E-state index < -0.39 is 18.2 Å². The molecule has 3 saturated heterocycles. The van der Waals surface area contributed by atoms with E-state index in [0.29, 0.717) is 31.3 Å². The molecule has 2 aromatic heterocycles. The third-order valence-corrected chi connectivity index (χ3v) is 16.0. The van der Waals surface area contributed by atoms with Crippen LogP contribution in [-0.2, 0) is 36.3 Å². The molecule has 425 valence electrons. The summed E-state index contributed by atoms with van der Waals surface area (Å²) in [6, 6.07) is 16.4. The highest BCUT2D eigenvalue weighted by Crippen LogP contribution is 2.38. The van der Waals surface area contributed by atoms with Crippen molar-refractivity contribution in [2.24, 2.45) is 0 Å². The number of likely N-dealkylation sites (tertiary alicyclic amines) is 2. The van der Waals surface area contributed by atoms with Gasteiger partial charge in [-0.3, -0.25) is 0 Å². The summed E-state index contributed by atoms with van der Waals surface area (Å²) in [5.41, 5.74) is 4.52. The van der Waals surface area contributed by atoms with Crippen molar-refractivity contribution in [3.8, 4) is 11.3 Å². The number of carbonyl (C=O) groups excluding carboxylic acids is 2. The Kier molecular flexibility index (Phi) is 22.7. The smallest absolute Gasteiger partial charge is 0.435 e. The predicted octanol–water partition coefficient (Wildman–Crippen LogP) is 12.0. The van der Waals surface area contributed by atoms with Crippen molar-refractivity contribution in [1.29, 1.82) is 0 Å². The molecule has 2 aliphatic carbocycles. The molecule has 16 nitrogen and oxygen atoms in total. The van der Waals surface area contributed by atoms with E-state index >= 15 is 0 Å². The van der Waals surface area contributed by atoms with Crippen LogP contribution in [0.3, 0.4) is 0 Å². The van der Waals surface area contributed by atoms with Crippen LogP contribution in [0.5, 0.6) is 0 Å². The number of hydrogen-bond acceptors (Lipinski definition) is 12. The van der Waals surface area contributed by atoms with Gasteiger partial charge in [-0.2, -0.15) is 0 Å². The number of fused-ring (bicyclic) bond motifs is 2. The maximum absolute atomic E-state index is 12.7. The fourth-order valence-electron chi connectivity index (χ4n) is 9.15. The molecule has 9 rings (SSSR count). The van der Waals surface area contributed by atoms with Crippen LogP contribution in [0, 0.1) is 0 Å². The zero-order valence-corrected chi connectivity index (χ0v) is 51.2. The summed E-state index contributed by atoms with van der Waals surface area (Å²) in [6.07, 6.45) is 12.5. The Balaban J connectivity index is 0.000000180. The molecule has 22 heteroatoms. The number of aliphatic hydroxyl groups is 1. The van der Waals surface area contributed by atoms with Crippen LogP contribution in [0.25, 0.3) is 11.3 Å². The van der Waals surface area contributed by atoms with E-state index in [2.05, 4.69) is 82.9 Å². The fourth-order valence-corrected chi connectivity index (χ4v) is 10.0. The summed E-state index contributed by atoms with van der Waals surface area (Å²) in [5, 5.41) is 17.3. The van der Waals surface area contributed by atoms with Gasteiger partial charge in [0.2, 0.25) is 10.6 Å². The van der Waals surface area contributed by atoms with Crippen molar-refractivity contribution in [3.05, 3.63) is 103 Å². The molecule has 0 bridgehead atoms. The predicted molar refractivity (Wildman–Crippen MR) is 313 cm³/mol. The SMILES string of the molecule is CC(C)(O)C(C)(C)O[B]B1OC(C)(C)C(C)(C)O1.CC(C)OC1CN(C(=O)NC2CCCCc3cc(-c4ccnc(Cl)n4)ccc32)C1.CC(C)OC1CN(C(=O)NC2CCCCc3cc(Br)ccc32)C1.Clc1ccnc(Cl)n1. The van der Waals surface area contributed by atoms with Gasteiger partial charge in [0.15, 0.2) is 0 Å². The number of urea groups is 2. The van der Waals surface area contributed by atoms with Crippen LogP contribution in [0.2, 0.25) is 15.7 Å². The highest BCUT2D eigenvalue weighted by molar-refractivity contribution is 9.10. The number of rotatable bonds is 11. The second kappa shape index (κ2) is 27.9. The third kappa shape index (κ3) is 18.2. The van der Waals surface area contributed by atoms with Crippen LogP contribution >= 0.6 is 50.7 Å². The Hall–Kier alpha value is -3.62. The second-order valence-electron chi connectivity index (χ2n) is 23.0. The molecule has 2 aromatic carbocycles. The number of aromatic nitrogens is 4. The number of nitrogens with one attached hydrogen (secondary N) is 2. The van der Waals surface area contributed by atoms with Gasteiger partial charge in [0.25, 0.3) is 0 Å². The molecule has 3 N–H and O–H groups in total. The quantitative estimate of drug-likeness (QED) is 0.0560. The van der Waals surface area contributed by atoms with Crippen molar-refractivity contribution in [3.63, 3.8) is 0 Å². The van der Waals surface area contributed by atoms with Gasteiger partial charge in [-0.15, -0.1) is 0 Å². The standard InChI is InChI=1S/C22H27ClN4O2.C18H25BrN2O2.C12H25B2O4.C4H2Cl2N2/c1-14(2)29-17-12-27(13-17)22(28)26-20-6-4-3-5-15-11-16(7-8-18(15)20)19-9-10-24-21(23)25-19;1-12(2)23-15-10-21(11-15)18(22)20-17-6-4-3-5-13-9-14(19)7-8-16(13)17;1-9(2,15)10(3,4)16-13-14-17-11(5,6)12(7,8)18-14;5-3-1-2-7-4(6)8-3/h7-11,14,17,20H,3-6,12-13H2,1-2H3,(H,26,28);7-9,12,15,17H,3-6,10-11H2,1-2H3,(H,20,22);15H,1-8H3;1-2H. The Bertz CT molecular complexity index is 2590. The molecule has 4 amide bonds. The van der Waals surface area contributed by atoms with Gasteiger partial charge >= 0.3 is 26.4 Å². The number of ether oxygens (including phenoxy) is 2. The van der Waals surface area contributed by atoms with Gasteiger partial charge in [0.05, 0.1) is 90.8 Å². The molecule has 1 radical (unpaired) electrons.